The van der Waals surface area contributed by atoms with Gasteiger partial charge in [-0.2, -0.15) is 5.10 Å². The number of hydrogen-bond acceptors (Lipinski definition) is 3. The fourth-order valence-corrected chi connectivity index (χ4v) is 1.99. The number of nitrogens with zero attached hydrogens (tertiary/aromatic N) is 2. The lowest BCUT2D eigenvalue weighted by molar-refractivity contribution is 0.463. The minimum Gasteiger partial charge on any atom is -0.508 e. The van der Waals surface area contributed by atoms with Crippen LogP contribution in [-0.4, -0.2) is 14.9 Å². The summed E-state index contributed by atoms with van der Waals surface area (Å²) in [6.45, 7) is 5.00. The SMILES string of the molecule is CCC(Nc1cnn(CC)c1)c1ccccc1O. The average molecular weight is 245 g/mol. The standard InChI is InChI=1S/C14H19N3O/c1-3-13(12-7-5-6-8-14(12)18)16-11-9-15-17(4-2)10-11/h5-10,13,16,18H,3-4H2,1-2H3. The Bertz CT molecular complexity index is 507. The molecule has 1 aromatic carbocycles. The number of phenols is 1. The number of hydrogen-bond donors (Lipinski definition) is 2. The van der Waals surface area contributed by atoms with E-state index in [2.05, 4.69) is 24.3 Å². The minimum absolute atomic E-state index is 0.0979. The molecule has 2 rings (SSSR count). The summed E-state index contributed by atoms with van der Waals surface area (Å²) < 4.78 is 1.87. The molecule has 1 unspecified atom stereocenters. The Labute approximate surface area is 107 Å². The van der Waals surface area contributed by atoms with Gasteiger partial charge in [0.2, 0.25) is 0 Å². The largest absolute Gasteiger partial charge is 0.508 e. The maximum Gasteiger partial charge on any atom is 0.120 e. The lowest BCUT2D eigenvalue weighted by Gasteiger charge is -2.18. The molecule has 1 heterocycles. The summed E-state index contributed by atoms with van der Waals surface area (Å²) in [5.74, 6) is 0.333. The molecule has 0 radical (unpaired) electrons. The Morgan fingerprint density at radius 3 is 2.72 bits per heavy atom. The second-order valence-corrected chi connectivity index (χ2v) is 4.25. The first-order valence-electron chi connectivity index (χ1n) is 6.31. The van der Waals surface area contributed by atoms with Crippen LogP contribution < -0.4 is 5.32 Å². The third-order valence-corrected chi connectivity index (χ3v) is 3.02. The Morgan fingerprint density at radius 2 is 2.11 bits per heavy atom. The molecule has 0 saturated heterocycles. The van der Waals surface area contributed by atoms with Crippen molar-refractivity contribution in [2.45, 2.75) is 32.9 Å². The van der Waals surface area contributed by atoms with Gasteiger partial charge in [0.15, 0.2) is 0 Å². The van der Waals surface area contributed by atoms with Crippen molar-refractivity contribution in [2.75, 3.05) is 5.32 Å². The number of rotatable bonds is 5. The van der Waals surface area contributed by atoms with Gasteiger partial charge in [-0.15, -0.1) is 0 Å². The van der Waals surface area contributed by atoms with Crippen LogP contribution in [0, 0.1) is 0 Å². The van der Waals surface area contributed by atoms with Crippen molar-refractivity contribution in [1.29, 1.82) is 0 Å². The molecule has 4 nitrogen and oxygen atoms in total. The molecule has 0 aliphatic carbocycles. The van der Waals surface area contributed by atoms with Crippen LogP contribution in [0.5, 0.6) is 5.75 Å². The first-order valence-corrected chi connectivity index (χ1v) is 6.31. The molecule has 0 bridgehead atoms. The minimum atomic E-state index is 0.0979. The number of nitrogens with one attached hydrogen (secondary N) is 1. The Kier molecular flexibility index (Phi) is 3.87. The third-order valence-electron chi connectivity index (χ3n) is 3.02. The van der Waals surface area contributed by atoms with E-state index in [0.29, 0.717) is 5.75 Å². The summed E-state index contributed by atoms with van der Waals surface area (Å²) in [5, 5.41) is 17.5. The summed E-state index contributed by atoms with van der Waals surface area (Å²) in [7, 11) is 0. The Balaban J connectivity index is 2.17. The highest BCUT2D eigenvalue weighted by atomic mass is 16.3. The van der Waals surface area contributed by atoms with E-state index >= 15 is 0 Å². The lowest BCUT2D eigenvalue weighted by Crippen LogP contribution is -2.09. The first kappa shape index (κ1) is 12.5. The van der Waals surface area contributed by atoms with E-state index in [1.165, 1.54) is 0 Å². The molecule has 0 spiro atoms. The monoisotopic (exact) mass is 245 g/mol. The van der Waals surface area contributed by atoms with Crippen molar-refractivity contribution in [3.8, 4) is 5.75 Å². The van der Waals surface area contributed by atoms with E-state index in [1.54, 1.807) is 6.07 Å². The van der Waals surface area contributed by atoms with Crippen molar-refractivity contribution >= 4 is 5.69 Å². The number of aromatic hydroxyl groups is 1. The van der Waals surface area contributed by atoms with Gasteiger partial charge in [-0.3, -0.25) is 4.68 Å². The number of anilines is 1. The van der Waals surface area contributed by atoms with E-state index in [1.807, 2.05) is 35.3 Å². The van der Waals surface area contributed by atoms with Crippen LogP contribution in [0.25, 0.3) is 0 Å². The van der Waals surface area contributed by atoms with Crippen LogP contribution in [0.15, 0.2) is 36.7 Å². The Morgan fingerprint density at radius 1 is 1.33 bits per heavy atom. The molecule has 2 aromatic rings. The smallest absolute Gasteiger partial charge is 0.120 e. The number of para-hydroxylation sites is 1. The van der Waals surface area contributed by atoms with Crippen molar-refractivity contribution in [3.05, 3.63) is 42.2 Å². The normalized spacial score (nSPS) is 12.3. The molecule has 0 aliphatic heterocycles. The van der Waals surface area contributed by atoms with Crippen molar-refractivity contribution in [3.63, 3.8) is 0 Å². The molecular formula is C14H19N3O. The van der Waals surface area contributed by atoms with Gasteiger partial charge >= 0.3 is 0 Å². The van der Waals surface area contributed by atoms with Crippen LogP contribution in [0.2, 0.25) is 0 Å². The molecule has 0 aliphatic rings. The molecule has 96 valence electrons. The molecular weight excluding hydrogens is 226 g/mol. The van der Waals surface area contributed by atoms with E-state index < -0.39 is 0 Å². The molecule has 2 N–H and O–H groups in total. The molecule has 0 amide bonds. The highest BCUT2D eigenvalue weighted by Gasteiger charge is 2.13. The van der Waals surface area contributed by atoms with Gasteiger partial charge < -0.3 is 10.4 Å². The van der Waals surface area contributed by atoms with Crippen LogP contribution in [-0.2, 0) is 6.54 Å². The van der Waals surface area contributed by atoms with Gasteiger partial charge in [-0.1, -0.05) is 25.1 Å². The van der Waals surface area contributed by atoms with Gasteiger partial charge in [0.05, 0.1) is 17.9 Å². The zero-order chi connectivity index (χ0) is 13.0. The number of aromatic nitrogens is 2. The maximum atomic E-state index is 9.88. The quantitative estimate of drug-likeness (QED) is 0.850. The molecule has 0 fully saturated rings. The predicted molar refractivity (Wildman–Crippen MR) is 72.7 cm³/mol. The van der Waals surface area contributed by atoms with Crippen molar-refractivity contribution in [2.24, 2.45) is 0 Å². The van der Waals surface area contributed by atoms with Gasteiger partial charge in [0.25, 0.3) is 0 Å². The fourth-order valence-electron chi connectivity index (χ4n) is 1.99. The highest BCUT2D eigenvalue weighted by molar-refractivity contribution is 5.44. The van der Waals surface area contributed by atoms with E-state index in [9.17, 15) is 5.11 Å². The number of phenolic OH excluding ortho intramolecular Hbond substituents is 1. The molecule has 1 aromatic heterocycles. The number of aryl methyl sites for hydroxylation is 1. The van der Waals surface area contributed by atoms with Gasteiger partial charge in [-0.25, -0.2) is 0 Å². The second kappa shape index (κ2) is 5.58. The zero-order valence-corrected chi connectivity index (χ0v) is 10.8. The van der Waals surface area contributed by atoms with E-state index in [0.717, 1.165) is 24.2 Å². The summed E-state index contributed by atoms with van der Waals surface area (Å²) in [4.78, 5) is 0. The summed E-state index contributed by atoms with van der Waals surface area (Å²) in [6, 6.07) is 7.53. The zero-order valence-electron chi connectivity index (χ0n) is 10.8. The first-order chi connectivity index (χ1) is 8.74. The average Bonchev–Trinajstić information content (AvgIpc) is 2.85. The van der Waals surface area contributed by atoms with Crippen LogP contribution >= 0.6 is 0 Å². The summed E-state index contributed by atoms with van der Waals surface area (Å²) in [5.41, 5.74) is 1.90. The lowest BCUT2D eigenvalue weighted by atomic mass is 10.0. The fraction of sp³-hybridized carbons (Fsp3) is 0.357. The molecule has 0 saturated carbocycles. The molecule has 1 atom stereocenters. The van der Waals surface area contributed by atoms with E-state index in [-0.39, 0.29) is 6.04 Å². The van der Waals surface area contributed by atoms with Crippen LogP contribution in [0.1, 0.15) is 31.9 Å². The topological polar surface area (TPSA) is 50.1 Å². The highest BCUT2D eigenvalue weighted by Crippen LogP contribution is 2.28. The predicted octanol–water partition coefficient (Wildman–Crippen LogP) is 3.17. The molecule has 4 heteroatoms. The van der Waals surface area contributed by atoms with Crippen LogP contribution in [0.4, 0.5) is 5.69 Å². The van der Waals surface area contributed by atoms with Crippen molar-refractivity contribution < 1.29 is 5.11 Å². The Hall–Kier alpha value is -1.97. The second-order valence-electron chi connectivity index (χ2n) is 4.25. The summed E-state index contributed by atoms with van der Waals surface area (Å²) >= 11 is 0. The summed E-state index contributed by atoms with van der Waals surface area (Å²) in [6.07, 6.45) is 4.68. The van der Waals surface area contributed by atoms with Crippen LogP contribution in [0.3, 0.4) is 0 Å². The van der Waals surface area contributed by atoms with Gasteiger partial charge in [0, 0.05) is 18.3 Å². The number of benzene rings is 1. The van der Waals surface area contributed by atoms with Crippen molar-refractivity contribution in [1.82, 2.24) is 9.78 Å². The van der Waals surface area contributed by atoms with E-state index in [4.69, 9.17) is 0 Å². The van der Waals surface area contributed by atoms with Gasteiger partial charge in [0.1, 0.15) is 5.75 Å². The van der Waals surface area contributed by atoms with Gasteiger partial charge in [-0.05, 0) is 19.4 Å². The third kappa shape index (κ3) is 2.64. The maximum absolute atomic E-state index is 9.88. The molecule has 18 heavy (non-hydrogen) atoms.